The fourth-order valence-electron chi connectivity index (χ4n) is 3.83. The fraction of sp³-hybridized carbons (Fsp3) is 0.250. The molecule has 4 heterocycles. The Morgan fingerprint density at radius 3 is 2.46 bits per heavy atom. The molecular formula is C24H23N7O3S. The van der Waals surface area contributed by atoms with Crippen LogP contribution < -0.4 is 4.90 Å². The van der Waals surface area contributed by atoms with Crippen molar-refractivity contribution in [3.05, 3.63) is 71.6 Å². The molecule has 5 rings (SSSR count). The second kappa shape index (κ2) is 10.0. The minimum Gasteiger partial charge on any atom is -0.461 e. The molecule has 10 nitrogen and oxygen atoms in total. The first-order valence-electron chi connectivity index (χ1n) is 11.2. The maximum atomic E-state index is 13.4. The summed E-state index contributed by atoms with van der Waals surface area (Å²) < 4.78 is 6.67. The summed E-state index contributed by atoms with van der Waals surface area (Å²) in [5.41, 5.74) is 2.14. The molecule has 0 N–H and O–H groups in total. The van der Waals surface area contributed by atoms with Crippen molar-refractivity contribution in [1.82, 2.24) is 29.6 Å². The van der Waals surface area contributed by atoms with Crippen LogP contribution in [0.1, 0.15) is 27.9 Å². The zero-order chi connectivity index (χ0) is 24.2. The van der Waals surface area contributed by atoms with Crippen molar-refractivity contribution in [2.75, 3.05) is 37.7 Å². The Bertz CT molecular complexity index is 1320. The van der Waals surface area contributed by atoms with E-state index in [0.29, 0.717) is 43.0 Å². The number of carbonyl (C=O) groups excluding carboxylic acids is 2. The smallest absolute Gasteiger partial charge is 0.357 e. The summed E-state index contributed by atoms with van der Waals surface area (Å²) in [6.45, 7) is 4.36. The first-order valence-corrected chi connectivity index (χ1v) is 12.1. The third kappa shape index (κ3) is 4.76. The van der Waals surface area contributed by atoms with Gasteiger partial charge in [0.2, 0.25) is 11.1 Å². The van der Waals surface area contributed by atoms with E-state index in [1.807, 2.05) is 30.3 Å². The molecule has 0 aliphatic carbocycles. The number of ether oxygens (including phenoxy) is 1. The number of anilines is 1. The average Bonchev–Trinajstić information content (AvgIpc) is 3.58. The number of esters is 1. The van der Waals surface area contributed by atoms with Crippen molar-refractivity contribution in [3.8, 4) is 16.4 Å². The lowest BCUT2D eigenvalue weighted by atomic mass is 10.1. The molecule has 1 aromatic carbocycles. The van der Waals surface area contributed by atoms with E-state index in [0.717, 1.165) is 11.3 Å². The third-order valence-corrected chi connectivity index (χ3v) is 6.37. The maximum Gasteiger partial charge on any atom is 0.357 e. The molecule has 0 spiro atoms. The molecule has 4 aromatic rings. The van der Waals surface area contributed by atoms with Crippen LogP contribution in [-0.4, -0.2) is 74.3 Å². The lowest BCUT2D eigenvalue weighted by Crippen LogP contribution is -2.49. The van der Waals surface area contributed by atoms with Crippen LogP contribution in [0.15, 0.2) is 60.2 Å². The number of hydrogen-bond donors (Lipinski definition) is 0. The summed E-state index contributed by atoms with van der Waals surface area (Å²) in [6, 6.07) is 13.2. The highest BCUT2D eigenvalue weighted by atomic mass is 32.1. The number of aromatic nitrogens is 5. The van der Waals surface area contributed by atoms with E-state index in [1.165, 1.54) is 11.3 Å². The normalized spacial score (nSPS) is 13.6. The molecular weight excluding hydrogens is 466 g/mol. The molecule has 1 aliphatic heterocycles. The summed E-state index contributed by atoms with van der Waals surface area (Å²) >= 11 is 1.27. The number of benzene rings is 1. The number of nitrogens with zero attached hydrogens (tertiary/aromatic N) is 7. The maximum absolute atomic E-state index is 13.4. The molecule has 11 heteroatoms. The van der Waals surface area contributed by atoms with Gasteiger partial charge in [-0.1, -0.05) is 30.3 Å². The van der Waals surface area contributed by atoms with Crippen molar-refractivity contribution < 1.29 is 14.3 Å². The van der Waals surface area contributed by atoms with Crippen molar-refractivity contribution in [2.45, 2.75) is 6.92 Å². The number of thiazole rings is 1. The highest BCUT2D eigenvalue weighted by molar-refractivity contribution is 7.12. The van der Waals surface area contributed by atoms with Gasteiger partial charge < -0.3 is 14.5 Å². The van der Waals surface area contributed by atoms with Crippen molar-refractivity contribution in [1.29, 1.82) is 0 Å². The van der Waals surface area contributed by atoms with Gasteiger partial charge in [0.15, 0.2) is 11.4 Å². The van der Waals surface area contributed by atoms with Gasteiger partial charge in [0.25, 0.3) is 5.91 Å². The van der Waals surface area contributed by atoms with Gasteiger partial charge in [-0.25, -0.2) is 24.4 Å². The Labute approximate surface area is 205 Å². The highest BCUT2D eigenvalue weighted by Crippen LogP contribution is 2.27. The molecule has 178 valence electrons. The van der Waals surface area contributed by atoms with Crippen molar-refractivity contribution in [3.63, 3.8) is 0 Å². The Hall–Kier alpha value is -4.12. The first-order chi connectivity index (χ1) is 17.1. The number of hydrogen-bond acceptors (Lipinski definition) is 9. The summed E-state index contributed by atoms with van der Waals surface area (Å²) in [5, 5.41) is 6.73. The van der Waals surface area contributed by atoms with Crippen LogP contribution >= 0.6 is 11.3 Å². The van der Waals surface area contributed by atoms with Crippen LogP contribution in [-0.2, 0) is 4.74 Å². The van der Waals surface area contributed by atoms with Gasteiger partial charge in [0.1, 0.15) is 0 Å². The molecule has 0 radical (unpaired) electrons. The third-order valence-electron chi connectivity index (χ3n) is 5.56. The molecule has 1 aliphatic rings. The lowest BCUT2D eigenvalue weighted by Gasteiger charge is -2.34. The van der Waals surface area contributed by atoms with Crippen LogP contribution in [0.25, 0.3) is 16.4 Å². The van der Waals surface area contributed by atoms with E-state index in [2.05, 4.69) is 25.0 Å². The van der Waals surface area contributed by atoms with E-state index < -0.39 is 5.97 Å². The van der Waals surface area contributed by atoms with Crippen LogP contribution in [0, 0.1) is 0 Å². The quantitative estimate of drug-likeness (QED) is 0.381. The summed E-state index contributed by atoms with van der Waals surface area (Å²) in [4.78, 5) is 42.3. The predicted molar refractivity (Wildman–Crippen MR) is 131 cm³/mol. The minimum atomic E-state index is -0.486. The van der Waals surface area contributed by atoms with E-state index >= 15 is 0 Å². The Balaban J connectivity index is 1.41. The Kier molecular flexibility index (Phi) is 6.49. The molecule has 1 amide bonds. The molecule has 1 fully saturated rings. The molecule has 0 atom stereocenters. The number of amides is 1. The standard InChI is InChI=1S/C24H23N7O3S/c1-2-34-22(33)19-16-35-24(27-19)31-20(17-7-4-3-5-8-17)15-18(28-31)21(32)29-11-13-30(14-12-29)23-25-9-6-10-26-23/h3-10,15-16H,2,11-14H2,1H3. The number of rotatable bonds is 6. The SMILES string of the molecule is CCOC(=O)c1csc(-n2nc(C(=O)N3CCN(c4ncccn4)CC3)cc2-c2ccccc2)n1. The monoisotopic (exact) mass is 489 g/mol. The second-order valence-corrected chi connectivity index (χ2v) is 8.59. The predicted octanol–water partition coefficient (Wildman–Crippen LogP) is 2.92. The van der Waals surface area contributed by atoms with E-state index in [4.69, 9.17) is 4.74 Å². The fourth-order valence-corrected chi connectivity index (χ4v) is 4.59. The van der Waals surface area contributed by atoms with E-state index in [-0.39, 0.29) is 18.2 Å². The van der Waals surface area contributed by atoms with Gasteiger partial charge in [-0.15, -0.1) is 11.3 Å². The number of piperazine rings is 1. The van der Waals surface area contributed by atoms with Gasteiger partial charge in [-0.05, 0) is 19.1 Å². The topological polar surface area (TPSA) is 106 Å². The second-order valence-electron chi connectivity index (χ2n) is 7.76. The van der Waals surface area contributed by atoms with E-state index in [9.17, 15) is 9.59 Å². The van der Waals surface area contributed by atoms with Crippen LogP contribution in [0.2, 0.25) is 0 Å². The zero-order valence-electron chi connectivity index (χ0n) is 19.1. The molecule has 1 saturated heterocycles. The summed E-state index contributed by atoms with van der Waals surface area (Å²) in [6.07, 6.45) is 3.42. The molecule has 3 aromatic heterocycles. The minimum absolute atomic E-state index is 0.156. The molecule has 0 saturated carbocycles. The summed E-state index contributed by atoms with van der Waals surface area (Å²) in [5.74, 6) is 0.0214. The van der Waals surface area contributed by atoms with E-state index in [1.54, 1.807) is 46.4 Å². The number of carbonyl (C=O) groups is 2. The molecule has 35 heavy (non-hydrogen) atoms. The highest BCUT2D eigenvalue weighted by Gasteiger charge is 2.27. The molecule has 0 bridgehead atoms. The van der Waals surface area contributed by atoms with Crippen LogP contribution in [0.5, 0.6) is 0 Å². The van der Waals surface area contributed by atoms with Crippen molar-refractivity contribution in [2.24, 2.45) is 0 Å². The van der Waals surface area contributed by atoms with Crippen LogP contribution in [0.4, 0.5) is 5.95 Å². The van der Waals surface area contributed by atoms with Gasteiger partial charge in [-0.3, -0.25) is 4.79 Å². The van der Waals surface area contributed by atoms with Gasteiger partial charge >= 0.3 is 5.97 Å². The van der Waals surface area contributed by atoms with Gasteiger partial charge in [-0.2, -0.15) is 5.10 Å². The Morgan fingerprint density at radius 1 is 1.00 bits per heavy atom. The van der Waals surface area contributed by atoms with Gasteiger partial charge in [0.05, 0.1) is 12.3 Å². The van der Waals surface area contributed by atoms with Crippen molar-refractivity contribution >= 4 is 29.2 Å². The molecule has 0 unspecified atom stereocenters. The first kappa shape index (κ1) is 22.7. The van der Waals surface area contributed by atoms with Gasteiger partial charge in [0, 0.05) is 49.5 Å². The summed E-state index contributed by atoms with van der Waals surface area (Å²) in [7, 11) is 0. The average molecular weight is 490 g/mol. The lowest BCUT2D eigenvalue weighted by molar-refractivity contribution is 0.0520. The Morgan fingerprint density at radius 2 is 1.74 bits per heavy atom. The van der Waals surface area contributed by atoms with Crippen LogP contribution in [0.3, 0.4) is 0 Å². The zero-order valence-corrected chi connectivity index (χ0v) is 19.9. The largest absolute Gasteiger partial charge is 0.461 e.